The fourth-order valence-corrected chi connectivity index (χ4v) is 1.68. The summed E-state index contributed by atoms with van der Waals surface area (Å²) in [7, 11) is 0. The van der Waals surface area contributed by atoms with Gasteiger partial charge in [0, 0.05) is 10.6 Å². The Morgan fingerprint density at radius 2 is 1.94 bits per heavy atom. The van der Waals surface area contributed by atoms with E-state index in [2.05, 4.69) is 5.92 Å². The monoisotopic (exact) mass is 242 g/mol. The Kier molecular flexibility index (Phi) is 3.69. The molecule has 2 aromatic rings. The summed E-state index contributed by atoms with van der Waals surface area (Å²) in [6.07, 6.45) is 5.32. The lowest BCUT2D eigenvalue weighted by Gasteiger charge is -2.06. The van der Waals surface area contributed by atoms with Gasteiger partial charge in [-0.1, -0.05) is 35.7 Å². The predicted octanol–water partition coefficient (Wildman–Crippen LogP) is 3.90. The molecule has 0 N–H and O–H groups in total. The zero-order valence-corrected chi connectivity index (χ0v) is 9.95. The van der Waals surface area contributed by atoms with E-state index in [1.54, 1.807) is 0 Å². The summed E-state index contributed by atoms with van der Waals surface area (Å²) >= 11 is 5.89. The molecule has 84 valence electrons. The van der Waals surface area contributed by atoms with Gasteiger partial charge in [0.05, 0.1) is 0 Å². The van der Waals surface area contributed by atoms with Crippen LogP contribution >= 0.6 is 11.6 Å². The zero-order valence-electron chi connectivity index (χ0n) is 9.19. The number of rotatable bonds is 3. The summed E-state index contributed by atoms with van der Waals surface area (Å²) in [4.78, 5) is 0. The second kappa shape index (κ2) is 5.43. The second-order valence-corrected chi connectivity index (χ2v) is 4.03. The maximum Gasteiger partial charge on any atom is 0.121 e. The molecular weight excluding hydrogens is 232 g/mol. The Morgan fingerprint density at radius 1 is 1.12 bits per heavy atom. The van der Waals surface area contributed by atoms with E-state index in [0.717, 1.165) is 16.9 Å². The molecule has 0 fully saturated rings. The molecule has 0 aliphatic heterocycles. The van der Waals surface area contributed by atoms with Crippen LogP contribution in [-0.4, -0.2) is 0 Å². The largest absolute Gasteiger partial charge is 0.489 e. The van der Waals surface area contributed by atoms with Crippen LogP contribution in [0.5, 0.6) is 5.75 Å². The molecule has 0 aliphatic rings. The lowest BCUT2D eigenvalue weighted by Crippen LogP contribution is -1.95. The minimum atomic E-state index is 0.481. The van der Waals surface area contributed by atoms with Gasteiger partial charge in [0.1, 0.15) is 12.4 Å². The highest BCUT2D eigenvalue weighted by Gasteiger charge is 1.97. The second-order valence-electron chi connectivity index (χ2n) is 3.59. The zero-order chi connectivity index (χ0) is 12.1. The van der Waals surface area contributed by atoms with Gasteiger partial charge in [0.2, 0.25) is 0 Å². The van der Waals surface area contributed by atoms with Crippen LogP contribution in [0.1, 0.15) is 11.1 Å². The molecule has 0 atom stereocenters. The first-order valence-electron chi connectivity index (χ1n) is 5.22. The molecule has 0 aliphatic carbocycles. The molecule has 0 heterocycles. The van der Waals surface area contributed by atoms with Crippen LogP contribution in [-0.2, 0) is 6.61 Å². The number of benzene rings is 2. The lowest BCUT2D eigenvalue weighted by molar-refractivity contribution is 0.306. The van der Waals surface area contributed by atoms with Gasteiger partial charge in [-0.05, 0) is 35.9 Å². The minimum absolute atomic E-state index is 0.481. The van der Waals surface area contributed by atoms with Gasteiger partial charge < -0.3 is 4.74 Å². The highest BCUT2D eigenvalue weighted by Crippen LogP contribution is 2.16. The van der Waals surface area contributed by atoms with Crippen LogP contribution in [0.15, 0.2) is 48.5 Å². The SMILES string of the molecule is C#Cc1cccc(OCc2cccc(Cl)c2)c1. The smallest absolute Gasteiger partial charge is 0.121 e. The van der Waals surface area contributed by atoms with E-state index in [4.69, 9.17) is 22.8 Å². The van der Waals surface area contributed by atoms with Crippen molar-refractivity contribution in [1.82, 2.24) is 0 Å². The quantitative estimate of drug-likeness (QED) is 0.742. The number of terminal acetylenes is 1. The Balaban J connectivity index is 2.05. The van der Waals surface area contributed by atoms with E-state index in [0.29, 0.717) is 11.6 Å². The van der Waals surface area contributed by atoms with Crippen molar-refractivity contribution < 1.29 is 4.74 Å². The van der Waals surface area contributed by atoms with Gasteiger partial charge in [-0.25, -0.2) is 0 Å². The van der Waals surface area contributed by atoms with Gasteiger partial charge >= 0.3 is 0 Å². The number of ether oxygens (including phenoxy) is 1. The van der Waals surface area contributed by atoms with E-state index in [1.807, 2.05) is 48.5 Å². The molecule has 0 unspecified atom stereocenters. The molecule has 1 nitrogen and oxygen atoms in total. The van der Waals surface area contributed by atoms with Gasteiger partial charge in [0.25, 0.3) is 0 Å². The average molecular weight is 243 g/mol. The molecule has 0 amide bonds. The summed E-state index contributed by atoms with van der Waals surface area (Å²) in [5.74, 6) is 3.34. The van der Waals surface area contributed by atoms with Crippen LogP contribution in [0.3, 0.4) is 0 Å². The molecular formula is C15H11ClO. The summed E-state index contributed by atoms with van der Waals surface area (Å²) in [5.41, 5.74) is 1.84. The normalized spacial score (nSPS) is 9.65. The van der Waals surface area contributed by atoms with Crippen LogP contribution in [0.2, 0.25) is 5.02 Å². The molecule has 0 saturated carbocycles. The van der Waals surface area contributed by atoms with E-state index in [1.165, 1.54) is 0 Å². The highest BCUT2D eigenvalue weighted by atomic mass is 35.5. The van der Waals surface area contributed by atoms with Gasteiger partial charge in [0.15, 0.2) is 0 Å². The molecule has 0 bridgehead atoms. The van der Waals surface area contributed by atoms with E-state index >= 15 is 0 Å². The highest BCUT2D eigenvalue weighted by molar-refractivity contribution is 6.30. The first kappa shape index (κ1) is 11.6. The Labute approximate surface area is 106 Å². The molecule has 17 heavy (non-hydrogen) atoms. The Hall–Kier alpha value is -1.91. The van der Waals surface area contributed by atoms with E-state index < -0.39 is 0 Å². The van der Waals surface area contributed by atoms with Crippen LogP contribution < -0.4 is 4.74 Å². The number of hydrogen-bond donors (Lipinski definition) is 0. The van der Waals surface area contributed by atoms with Crippen molar-refractivity contribution in [2.75, 3.05) is 0 Å². The van der Waals surface area contributed by atoms with Gasteiger partial charge in [-0.2, -0.15) is 0 Å². The molecule has 2 heteroatoms. The van der Waals surface area contributed by atoms with E-state index in [-0.39, 0.29) is 0 Å². The van der Waals surface area contributed by atoms with Crippen molar-refractivity contribution in [3.8, 4) is 18.1 Å². The minimum Gasteiger partial charge on any atom is -0.489 e. The van der Waals surface area contributed by atoms with Crippen LogP contribution in [0.4, 0.5) is 0 Å². The van der Waals surface area contributed by atoms with Crippen LogP contribution in [0, 0.1) is 12.3 Å². The third kappa shape index (κ3) is 3.27. The third-order valence-electron chi connectivity index (χ3n) is 2.30. The van der Waals surface area contributed by atoms with Crippen molar-refractivity contribution in [3.63, 3.8) is 0 Å². The maximum absolute atomic E-state index is 5.89. The molecule has 0 aromatic heterocycles. The number of hydrogen-bond acceptors (Lipinski definition) is 1. The third-order valence-corrected chi connectivity index (χ3v) is 2.53. The number of halogens is 1. The molecule has 0 saturated heterocycles. The first-order chi connectivity index (χ1) is 8.28. The average Bonchev–Trinajstić information content (AvgIpc) is 2.37. The fraction of sp³-hybridized carbons (Fsp3) is 0.0667. The van der Waals surface area contributed by atoms with Crippen LogP contribution in [0.25, 0.3) is 0 Å². The summed E-state index contributed by atoms with van der Waals surface area (Å²) in [6.45, 7) is 0.481. The summed E-state index contributed by atoms with van der Waals surface area (Å²) in [5, 5.41) is 0.712. The maximum atomic E-state index is 5.89. The molecule has 2 rings (SSSR count). The standard InChI is InChI=1S/C15H11ClO/c1-2-12-5-4-8-15(10-12)17-11-13-6-3-7-14(16)9-13/h1,3-10H,11H2. The molecule has 0 spiro atoms. The summed E-state index contributed by atoms with van der Waals surface area (Å²) < 4.78 is 5.64. The van der Waals surface area contributed by atoms with Crippen molar-refractivity contribution >= 4 is 11.6 Å². The lowest BCUT2D eigenvalue weighted by atomic mass is 10.2. The van der Waals surface area contributed by atoms with Gasteiger partial charge in [-0.3, -0.25) is 0 Å². The molecule has 2 aromatic carbocycles. The van der Waals surface area contributed by atoms with Crippen molar-refractivity contribution in [2.45, 2.75) is 6.61 Å². The summed E-state index contributed by atoms with van der Waals surface area (Å²) in [6, 6.07) is 15.1. The fourth-order valence-electron chi connectivity index (χ4n) is 1.47. The Morgan fingerprint density at radius 3 is 2.71 bits per heavy atom. The van der Waals surface area contributed by atoms with E-state index in [9.17, 15) is 0 Å². The topological polar surface area (TPSA) is 9.23 Å². The predicted molar refractivity (Wildman–Crippen MR) is 70.2 cm³/mol. The molecule has 0 radical (unpaired) electrons. The van der Waals surface area contributed by atoms with Crippen molar-refractivity contribution in [1.29, 1.82) is 0 Å². The van der Waals surface area contributed by atoms with Gasteiger partial charge in [-0.15, -0.1) is 6.42 Å². The Bertz CT molecular complexity index is 555. The van der Waals surface area contributed by atoms with Crippen molar-refractivity contribution in [3.05, 3.63) is 64.7 Å². The first-order valence-corrected chi connectivity index (χ1v) is 5.59. The van der Waals surface area contributed by atoms with Crippen molar-refractivity contribution in [2.24, 2.45) is 0 Å².